The van der Waals surface area contributed by atoms with Gasteiger partial charge in [-0.3, -0.25) is 4.79 Å². The molecule has 10 heteroatoms. The van der Waals surface area contributed by atoms with E-state index >= 15 is 0 Å². The van der Waals surface area contributed by atoms with Crippen LogP contribution >= 0.6 is 0 Å². The molecule has 0 bridgehead atoms. The Bertz CT molecular complexity index is 1050. The fourth-order valence-corrected chi connectivity index (χ4v) is 3.22. The highest BCUT2D eigenvalue weighted by Crippen LogP contribution is 2.33. The van der Waals surface area contributed by atoms with E-state index in [1.165, 1.54) is 12.2 Å². The lowest BCUT2D eigenvalue weighted by Gasteiger charge is -2.17. The van der Waals surface area contributed by atoms with Gasteiger partial charge >= 0.3 is 6.18 Å². The van der Waals surface area contributed by atoms with E-state index < -0.39 is 26.7 Å². The number of fused-ring (bicyclic) bond motifs is 1. The van der Waals surface area contributed by atoms with Crippen molar-refractivity contribution in [2.75, 3.05) is 11.9 Å². The number of hydrogen-bond acceptors (Lipinski definition) is 4. The highest BCUT2D eigenvalue weighted by atomic mass is 32.2. The molecule has 3 N–H and O–H groups in total. The van der Waals surface area contributed by atoms with Gasteiger partial charge in [0.05, 0.1) is 16.1 Å². The minimum atomic E-state index is -4.63. The average molecular weight is 398 g/mol. The zero-order valence-corrected chi connectivity index (χ0v) is 14.4. The molecule has 0 spiro atoms. The van der Waals surface area contributed by atoms with Crippen LogP contribution in [0.4, 0.5) is 18.9 Å². The number of rotatable bonds is 3. The molecule has 0 unspecified atom stereocenters. The molecule has 2 aromatic rings. The quantitative estimate of drug-likeness (QED) is 0.777. The monoisotopic (exact) mass is 398 g/mol. The van der Waals surface area contributed by atoms with E-state index in [9.17, 15) is 26.4 Å². The molecule has 3 rings (SSSR count). The summed E-state index contributed by atoms with van der Waals surface area (Å²) < 4.78 is 67.3. The van der Waals surface area contributed by atoms with Crippen molar-refractivity contribution in [1.82, 2.24) is 0 Å². The van der Waals surface area contributed by atoms with E-state index in [2.05, 4.69) is 5.32 Å². The highest BCUT2D eigenvalue weighted by molar-refractivity contribution is 7.89. The first kappa shape index (κ1) is 18.9. The second-order valence-electron chi connectivity index (χ2n) is 5.72. The van der Waals surface area contributed by atoms with Crippen molar-refractivity contribution in [2.24, 2.45) is 5.14 Å². The van der Waals surface area contributed by atoms with Gasteiger partial charge in [-0.15, -0.1) is 0 Å². The SMILES string of the molecule is NS(=O)(=O)c1ccc(C(F)(F)F)cc1/C=C/c1ccc2c(c1)NC(=O)CO2. The van der Waals surface area contributed by atoms with E-state index in [4.69, 9.17) is 9.88 Å². The minimum Gasteiger partial charge on any atom is -0.482 e. The van der Waals surface area contributed by atoms with E-state index in [0.717, 1.165) is 6.07 Å². The van der Waals surface area contributed by atoms with Crippen LogP contribution in [0.3, 0.4) is 0 Å². The molecule has 6 nitrogen and oxygen atoms in total. The van der Waals surface area contributed by atoms with Gasteiger partial charge in [-0.2, -0.15) is 13.2 Å². The summed E-state index contributed by atoms with van der Waals surface area (Å²) in [4.78, 5) is 10.9. The van der Waals surface area contributed by atoms with Crippen molar-refractivity contribution in [3.05, 3.63) is 53.1 Å². The van der Waals surface area contributed by atoms with E-state index in [1.807, 2.05) is 0 Å². The number of halogens is 3. The number of amides is 1. The third-order valence-electron chi connectivity index (χ3n) is 3.74. The molecule has 0 radical (unpaired) electrons. The van der Waals surface area contributed by atoms with Gasteiger partial charge in [-0.25, -0.2) is 13.6 Å². The van der Waals surface area contributed by atoms with Gasteiger partial charge in [-0.05, 0) is 41.5 Å². The normalized spacial score (nSPS) is 14.6. The summed E-state index contributed by atoms with van der Waals surface area (Å²) >= 11 is 0. The molecule has 27 heavy (non-hydrogen) atoms. The van der Waals surface area contributed by atoms with Crippen LogP contribution in [0, 0.1) is 0 Å². The molecular weight excluding hydrogens is 385 g/mol. The minimum absolute atomic E-state index is 0.107. The molecule has 0 saturated heterocycles. The van der Waals surface area contributed by atoms with Crippen LogP contribution in [0.5, 0.6) is 5.75 Å². The zero-order chi connectivity index (χ0) is 19.8. The van der Waals surface area contributed by atoms with Crippen molar-refractivity contribution < 1.29 is 31.1 Å². The number of ether oxygens (including phenoxy) is 1. The van der Waals surface area contributed by atoms with Gasteiger partial charge in [0.2, 0.25) is 10.0 Å². The summed E-state index contributed by atoms with van der Waals surface area (Å²) in [5, 5.41) is 7.69. The van der Waals surface area contributed by atoms with Gasteiger partial charge in [0.1, 0.15) is 5.75 Å². The van der Waals surface area contributed by atoms with E-state index in [1.54, 1.807) is 18.2 Å². The first-order valence-electron chi connectivity index (χ1n) is 7.53. The topological polar surface area (TPSA) is 98.5 Å². The number of carbonyl (C=O) groups is 1. The van der Waals surface area contributed by atoms with Crippen LogP contribution < -0.4 is 15.2 Å². The third kappa shape index (κ3) is 4.29. The van der Waals surface area contributed by atoms with Gasteiger partial charge in [0.15, 0.2) is 6.61 Å². The predicted molar refractivity (Wildman–Crippen MR) is 92.3 cm³/mol. The highest BCUT2D eigenvalue weighted by Gasteiger charge is 2.31. The lowest BCUT2D eigenvalue weighted by molar-refractivity contribution is -0.137. The second kappa shape index (κ2) is 6.71. The third-order valence-corrected chi connectivity index (χ3v) is 4.72. The van der Waals surface area contributed by atoms with Crippen LogP contribution in [0.2, 0.25) is 0 Å². The fourth-order valence-electron chi connectivity index (χ4n) is 2.50. The molecule has 0 aromatic heterocycles. The molecule has 0 atom stereocenters. The summed E-state index contributed by atoms with van der Waals surface area (Å²) in [6.07, 6.45) is -2.01. The molecule has 2 aromatic carbocycles. The molecule has 0 fully saturated rings. The van der Waals surface area contributed by atoms with Crippen molar-refractivity contribution in [3.63, 3.8) is 0 Å². The fraction of sp³-hybridized carbons (Fsp3) is 0.118. The standard InChI is InChI=1S/C17H13F3N2O4S/c18-17(19,20)12-4-6-15(27(21,24)25)11(8-12)3-1-10-2-5-14-13(7-10)22-16(23)9-26-14/h1-8H,9H2,(H,22,23)(H2,21,24,25)/b3-1+. The maximum Gasteiger partial charge on any atom is 0.416 e. The van der Waals surface area contributed by atoms with Crippen molar-refractivity contribution >= 4 is 33.8 Å². The number of nitrogens with two attached hydrogens (primary N) is 1. The first-order valence-corrected chi connectivity index (χ1v) is 9.07. The lowest BCUT2D eigenvalue weighted by Crippen LogP contribution is -2.25. The van der Waals surface area contributed by atoms with Crippen molar-refractivity contribution in [1.29, 1.82) is 0 Å². The Morgan fingerprint density at radius 3 is 2.52 bits per heavy atom. The Morgan fingerprint density at radius 2 is 1.85 bits per heavy atom. The van der Waals surface area contributed by atoms with Crippen molar-refractivity contribution in [2.45, 2.75) is 11.1 Å². The van der Waals surface area contributed by atoms with E-state index in [-0.39, 0.29) is 18.1 Å². The number of primary sulfonamides is 1. The lowest BCUT2D eigenvalue weighted by atomic mass is 10.1. The van der Waals surface area contributed by atoms with Gasteiger partial charge in [0, 0.05) is 0 Å². The Labute approximate surface area is 152 Å². The van der Waals surface area contributed by atoms with Crippen LogP contribution in [-0.2, 0) is 21.0 Å². The number of hydrogen-bond donors (Lipinski definition) is 2. The van der Waals surface area contributed by atoms with Crippen molar-refractivity contribution in [3.8, 4) is 5.75 Å². The second-order valence-corrected chi connectivity index (χ2v) is 7.25. The Kier molecular flexibility index (Phi) is 4.70. The van der Waals surface area contributed by atoms with Crippen LogP contribution in [0.25, 0.3) is 12.2 Å². The van der Waals surface area contributed by atoms with Gasteiger partial charge in [-0.1, -0.05) is 18.2 Å². The Morgan fingerprint density at radius 1 is 1.11 bits per heavy atom. The summed E-state index contributed by atoms with van der Waals surface area (Å²) in [6, 6.07) is 6.92. The Balaban J connectivity index is 2.01. The number of nitrogens with one attached hydrogen (secondary N) is 1. The first-order chi connectivity index (χ1) is 12.5. The molecule has 142 valence electrons. The number of alkyl halides is 3. The van der Waals surface area contributed by atoms with Crippen LogP contribution in [0.1, 0.15) is 16.7 Å². The number of benzene rings is 2. The number of sulfonamides is 1. The maximum atomic E-state index is 12.9. The van der Waals surface area contributed by atoms with E-state index in [0.29, 0.717) is 29.1 Å². The number of carbonyl (C=O) groups excluding carboxylic acids is 1. The molecule has 0 aliphatic carbocycles. The van der Waals surface area contributed by atoms with Gasteiger partial charge < -0.3 is 10.1 Å². The summed E-state index contributed by atoms with van der Waals surface area (Å²) in [6.45, 7) is -0.107. The Hall–Kier alpha value is -2.85. The molecule has 1 heterocycles. The number of anilines is 1. The largest absolute Gasteiger partial charge is 0.482 e. The average Bonchev–Trinajstić information content (AvgIpc) is 2.57. The molecule has 1 amide bonds. The summed E-state index contributed by atoms with van der Waals surface area (Å²) in [5.74, 6) is 0.120. The predicted octanol–water partition coefficient (Wildman–Crippen LogP) is 2.85. The molecular formula is C17H13F3N2O4S. The van der Waals surface area contributed by atoms with Crippen LogP contribution in [0.15, 0.2) is 41.3 Å². The molecule has 1 aliphatic rings. The van der Waals surface area contributed by atoms with Gasteiger partial charge in [0.25, 0.3) is 5.91 Å². The zero-order valence-electron chi connectivity index (χ0n) is 13.6. The smallest absolute Gasteiger partial charge is 0.416 e. The summed E-state index contributed by atoms with van der Waals surface area (Å²) in [5.41, 5.74) is -0.285. The maximum absolute atomic E-state index is 12.9. The molecule has 0 saturated carbocycles. The van der Waals surface area contributed by atoms with Crippen LogP contribution in [-0.4, -0.2) is 20.9 Å². The molecule has 1 aliphatic heterocycles. The summed E-state index contributed by atoms with van der Waals surface area (Å²) in [7, 11) is -4.22.